The van der Waals surface area contributed by atoms with Gasteiger partial charge in [-0.1, -0.05) is 11.6 Å². The summed E-state index contributed by atoms with van der Waals surface area (Å²) in [6.45, 7) is 5.02. The van der Waals surface area contributed by atoms with Gasteiger partial charge in [0, 0.05) is 23.2 Å². The van der Waals surface area contributed by atoms with Crippen LogP contribution in [0.5, 0.6) is 5.75 Å². The van der Waals surface area contributed by atoms with Crippen LogP contribution in [-0.2, 0) is 13.2 Å². The third-order valence-corrected chi connectivity index (χ3v) is 3.05. The number of aromatic nitrogens is 3. The second kappa shape index (κ2) is 6.04. The molecule has 2 aromatic rings. The number of aryl methyl sites for hydroxylation is 1. The van der Waals surface area contributed by atoms with Crippen LogP contribution < -0.4 is 10.5 Å². The zero-order chi connectivity index (χ0) is 13.8. The van der Waals surface area contributed by atoms with Crippen molar-refractivity contribution in [2.24, 2.45) is 5.73 Å². The van der Waals surface area contributed by atoms with E-state index in [2.05, 4.69) is 10.1 Å². The van der Waals surface area contributed by atoms with E-state index >= 15 is 0 Å². The Balaban J connectivity index is 2.15. The molecule has 0 amide bonds. The van der Waals surface area contributed by atoms with Crippen molar-refractivity contribution in [3.05, 3.63) is 40.9 Å². The highest BCUT2D eigenvalue weighted by Gasteiger charge is 2.10. The molecule has 19 heavy (non-hydrogen) atoms. The first-order valence-electron chi connectivity index (χ1n) is 6.16. The largest absolute Gasteiger partial charge is 0.485 e. The fraction of sp³-hybridized carbons (Fsp3) is 0.385. The molecular formula is C13H17ClN4O. The van der Waals surface area contributed by atoms with E-state index in [0.717, 1.165) is 23.7 Å². The minimum atomic E-state index is -0.141. The maximum Gasteiger partial charge on any atom is 0.164 e. The van der Waals surface area contributed by atoms with E-state index in [-0.39, 0.29) is 6.04 Å². The van der Waals surface area contributed by atoms with Crippen molar-refractivity contribution in [2.75, 3.05) is 0 Å². The molecule has 1 heterocycles. The van der Waals surface area contributed by atoms with Crippen molar-refractivity contribution in [3.8, 4) is 5.75 Å². The van der Waals surface area contributed by atoms with Crippen LogP contribution in [0, 0.1) is 0 Å². The molecule has 0 bridgehead atoms. The first-order chi connectivity index (χ1) is 9.11. The maximum atomic E-state index is 5.97. The standard InChI is InChI=1S/C13H17ClN4O/c1-3-18-13(16-8-17-18)7-19-12-5-4-10(14)6-11(12)9(2)15/h4-6,8-9H,3,7,15H2,1-2H3/t9-/m0/s1. The average Bonchev–Trinajstić information content (AvgIpc) is 2.84. The Kier molecular flexibility index (Phi) is 4.39. The van der Waals surface area contributed by atoms with Crippen LogP contribution in [0.2, 0.25) is 5.02 Å². The third kappa shape index (κ3) is 3.24. The Morgan fingerprint density at radius 1 is 1.47 bits per heavy atom. The van der Waals surface area contributed by atoms with Crippen molar-refractivity contribution in [1.29, 1.82) is 0 Å². The van der Waals surface area contributed by atoms with Crippen LogP contribution in [-0.4, -0.2) is 14.8 Å². The predicted octanol–water partition coefficient (Wildman–Crippen LogP) is 2.55. The highest BCUT2D eigenvalue weighted by Crippen LogP contribution is 2.27. The molecule has 2 N–H and O–H groups in total. The minimum Gasteiger partial charge on any atom is -0.485 e. The van der Waals surface area contributed by atoms with Crippen LogP contribution in [0.4, 0.5) is 0 Å². The highest BCUT2D eigenvalue weighted by molar-refractivity contribution is 6.30. The number of rotatable bonds is 5. The molecule has 0 aliphatic carbocycles. The summed E-state index contributed by atoms with van der Waals surface area (Å²) in [6, 6.07) is 5.30. The smallest absolute Gasteiger partial charge is 0.164 e. The second-order valence-electron chi connectivity index (χ2n) is 4.25. The Morgan fingerprint density at radius 2 is 2.26 bits per heavy atom. The summed E-state index contributed by atoms with van der Waals surface area (Å²) in [5, 5.41) is 4.75. The Bertz CT molecular complexity index is 553. The molecule has 1 atom stereocenters. The van der Waals surface area contributed by atoms with Crippen molar-refractivity contribution in [2.45, 2.75) is 33.0 Å². The van der Waals surface area contributed by atoms with Gasteiger partial charge in [0.25, 0.3) is 0 Å². The Hall–Kier alpha value is -1.59. The number of halogens is 1. The number of hydrogen-bond donors (Lipinski definition) is 1. The SMILES string of the molecule is CCn1ncnc1COc1ccc(Cl)cc1[C@H](C)N. The zero-order valence-corrected chi connectivity index (χ0v) is 11.8. The van der Waals surface area contributed by atoms with Crippen LogP contribution in [0.15, 0.2) is 24.5 Å². The molecule has 0 unspecified atom stereocenters. The average molecular weight is 281 g/mol. The van der Waals surface area contributed by atoms with E-state index in [1.807, 2.05) is 26.0 Å². The first-order valence-corrected chi connectivity index (χ1v) is 6.54. The van der Waals surface area contributed by atoms with Gasteiger partial charge in [-0.15, -0.1) is 0 Å². The first kappa shape index (κ1) is 13.8. The fourth-order valence-corrected chi connectivity index (χ4v) is 1.99. The summed E-state index contributed by atoms with van der Waals surface area (Å²) in [6.07, 6.45) is 1.52. The van der Waals surface area contributed by atoms with Gasteiger partial charge in [-0.3, -0.25) is 0 Å². The molecule has 6 heteroatoms. The molecule has 0 aliphatic heterocycles. The zero-order valence-electron chi connectivity index (χ0n) is 11.0. The third-order valence-electron chi connectivity index (χ3n) is 2.81. The molecule has 0 spiro atoms. The molecule has 2 rings (SSSR count). The normalized spacial score (nSPS) is 12.4. The fourth-order valence-electron chi connectivity index (χ4n) is 1.81. The van der Waals surface area contributed by atoms with E-state index in [4.69, 9.17) is 22.1 Å². The maximum absolute atomic E-state index is 5.97. The number of hydrogen-bond acceptors (Lipinski definition) is 4. The van der Waals surface area contributed by atoms with E-state index < -0.39 is 0 Å². The molecule has 0 fully saturated rings. The number of benzene rings is 1. The summed E-state index contributed by atoms with van der Waals surface area (Å²) in [4.78, 5) is 4.16. The predicted molar refractivity (Wildman–Crippen MR) is 74.1 cm³/mol. The van der Waals surface area contributed by atoms with Crippen LogP contribution in [0.25, 0.3) is 0 Å². The second-order valence-corrected chi connectivity index (χ2v) is 4.69. The lowest BCUT2D eigenvalue weighted by Gasteiger charge is -2.14. The van der Waals surface area contributed by atoms with E-state index in [9.17, 15) is 0 Å². The molecule has 0 saturated carbocycles. The molecule has 0 saturated heterocycles. The van der Waals surface area contributed by atoms with E-state index in [0.29, 0.717) is 11.6 Å². The van der Waals surface area contributed by atoms with Gasteiger partial charge < -0.3 is 10.5 Å². The lowest BCUT2D eigenvalue weighted by atomic mass is 10.1. The summed E-state index contributed by atoms with van der Waals surface area (Å²) in [5.41, 5.74) is 6.80. The molecule has 1 aromatic carbocycles. The molecule has 1 aromatic heterocycles. The van der Waals surface area contributed by atoms with Gasteiger partial charge in [-0.05, 0) is 32.0 Å². The lowest BCUT2D eigenvalue weighted by Crippen LogP contribution is -2.11. The van der Waals surface area contributed by atoms with Crippen molar-refractivity contribution in [1.82, 2.24) is 14.8 Å². The van der Waals surface area contributed by atoms with Gasteiger partial charge in [-0.2, -0.15) is 5.10 Å². The van der Waals surface area contributed by atoms with Gasteiger partial charge in [-0.25, -0.2) is 9.67 Å². The van der Waals surface area contributed by atoms with E-state index in [1.165, 1.54) is 6.33 Å². The minimum absolute atomic E-state index is 0.141. The Morgan fingerprint density at radius 3 is 2.95 bits per heavy atom. The quantitative estimate of drug-likeness (QED) is 0.914. The summed E-state index contributed by atoms with van der Waals surface area (Å²) in [7, 11) is 0. The monoisotopic (exact) mass is 280 g/mol. The van der Waals surface area contributed by atoms with Crippen molar-refractivity contribution < 1.29 is 4.74 Å². The summed E-state index contributed by atoms with van der Waals surface area (Å²) >= 11 is 5.97. The molecule has 0 aliphatic rings. The Labute approximate surface area is 117 Å². The van der Waals surface area contributed by atoms with Crippen molar-refractivity contribution in [3.63, 3.8) is 0 Å². The summed E-state index contributed by atoms with van der Waals surface area (Å²) in [5.74, 6) is 1.51. The number of nitrogens with two attached hydrogens (primary N) is 1. The van der Waals surface area contributed by atoms with Crippen molar-refractivity contribution >= 4 is 11.6 Å². The summed E-state index contributed by atoms with van der Waals surface area (Å²) < 4.78 is 7.57. The van der Waals surface area contributed by atoms with Gasteiger partial charge in [0.2, 0.25) is 0 Å². The molecule has 0 radical (unpaired) electrons. The molecule has 102 valence electrons. The van der Waals surface area contributed by atoms with Crippen LogP contribution in [0.1, 0.15) is 31.3 Å². The van der Waals surface area contributed by atoms with Gasteiger partial charge in [0.05, 0.1) is 0 Å². The topological polar surface area (TPSA) is 66.0 Å². The number of ether oxygens (including phenoxy) is 1. The molecule has 5 nitrogen and oxygen atoms in total. The number of nitrogens with zero attached hydrogens (tertiary/aromatic N) is 3. The van der Waals surface area contributed by atoms with Crippen LogP contribution >= 0.6 is 11.6 Å². The van der Waals surface area contributed by atoms with Gasteiger partial charge in [0.15, 0.2) is 5.82 Å². The van der Waals surface area contributed by atoms with Gasteiger partial charge >= 0.3 is 0 Å². The molecular weight excluding hydrogens is 264 g/mol. The lowest BCUT2D eigenvalue weighted by molar-refractivity contribution is 0.283. The highest BCUT2D eigenvalue weighted by atomic mass is 35.5. The van der Waals surface area contributed by atoms with Crippen LogP contribution in [0.3, 0.4) is 0 Å². The van der Waals surface area contributed by atoms with E-state index in [1.54, 1.807) is 10.7 Å². The van der Waals surface area contributed by atoms with Gasteiger partial charge in [0.1, 0.15) is 18.7 Å².